The van der Waals surface area contributed by atoms with Crippen molar-refractivity contribution in [2.24, 2.45) is 0 Å². The number of piperidine rings is 1. The standard InChI is InChI=1S/C16H24N2O/c1-4-13-7-9-14(10-8-13)18-11-5-6-15(16(18)19)17-12(2)3/h7-10,12,15,17H,4-6,11H2,1-3H3. The maximum Gasteiger partial charge on any atom is 0.244 e. The first-order chi connectivity index (χ1) is 9.11. The molecule has 1 aliphatic rings. The summed E-state index contributed by atoms with van der Waals surface area (Å²) in [6, 6.07) is 8.67. The van der Waals surface area contributed by atoms with Crippen LogP contribution in [0.25, 0.3) is 0 Å². The zero-order chi connectivity index (χ0) is 13.8. The first-order valence-electron chi connectivity index (χ1n) is 7.28. The normalized spacial score (nSPS) is 20.1. The van der Waals surface area contributed by atoms with Gasteiger partial charge in [0.15, 0.2) is 0 Å². The molecule has 1 aromatic carbocycles. The van der Waals surface area contributed by atoms with Gasteiger partial charge >= 0.3 is 0 Å². The average molecular weight is 260 g/mol. The van der Waals surface area contributed by atoms with E-state index < -0.39 is 0 Å². The van der Waals surface area contributed by atoms with E-state index in [-0.39, 0.29) is 11.9 Å². The topological polar surface area (TPSA) is 32.3 Å². The molecule has 2 rings (SSSR count). The van der Waals surface area contributed by atoms with Crippen molar-refractivity contribution in [2.45, 2.75) is 52.1 Å². The summed E-state index contributed by atoms with van der Waals surface area (Å²) in [6.07, 6.45) is 3.04. The number of anilines is 1. The van der Waals surface area contributed by atoms with E-state index in [1.165, 1.54) is 5.56 Å². The van der Waals surface area contributed by atoms with Crippen molar-refractivity contribution in [3.63, 3.8) is 0 Å². The molecular weight excluding hydrogens is 236 g/mol. The van der Waals surface area contributed by atoms with Gasteiger partial charge in [0.05, 0.1) is 6.04 Å². The Bertz CT molecular complexity index is 425. The third-order valence-corrected chi connectivity index (χ3v) is 3.63. The molecule has 0 saturated carbocycles. The summed E-state index contributed by atoms with van der Waals surface area (Å²) in [4.78, 5) is 14.4. The third kappa shape index (κ3) is 3.35. The fraction of sp³-hybridized carbons (Fsp3) is 0.562. The number of nitrogens with one attached hydrogen (secondary N) is 1. The minimum atomic E-state index is -0.0281. The molecule has 1 fully saturated rings. The van der Waals surface area contributed by atoms with Crippen molar-refractivity contribution in [3.05, 3.63) is 29.8 Å². The summed E-state index contributed by atoms with van der Waals surface area (Å²) in [5, 5.41) is 3.36. The highest BCUT2D eigenvalue weighted by molar-refractivity contribution is 5.97. The highest BCUT2D eigenvalue weighted by Gasteiger charge is 2.29. The van der Waals surface area contributed by atoms with Gasteiger partial charge in [-0.1, -0.05) is 32.9 Å². The molecule has 1 N–H and O–H groups in total. The molecule has 104 valence electrons. The van der Waals surface area contributed by atoms with E-state index in [9.17, 15) is 4.79 Å². The Morgan fingerprint density at radius 3 is 2.58 bits per heavy atom. The number of carbonyl (C=O) groups is 1. The van der Waals surface area contributed by atoms with Gasteiger partial charge in [-0.05, 0) is 37.0 Å². The monoisotopic (exact) mass is 260 g/mol. The molecule has 0 spiro atoms. The van der Waals surface area contributed by atoms with Crippen LogP contribution in [-0.2, 0) is 11.2 Å². The lowest BCUT2D eigenvalue weighted by Gasteiger charge is -2.33. The van der Waals surface area contributed by atoms with Crippen LogP contribution < -0.4 is 10.2 Å². The largest absolute Gasteiger partial charge is 0.311 e. The molecule has 19 heavy (non-hydrogen) atoms. The van der Waals surface area contributed by atoms with Gasteiger partial charge < -0.3 is 10.2 Å². The molecule has 1 aliphatic heterocycles. The van der Waals surface area contributed by atoms with Gasteiger partial charge in [-0.15, -0.1) is 0 Å². The fourth-order valence-corrected chi connectivity index (χ4v) is 2.60. The Balaban J connectivity index is 2.12. The van der Waals surface area contributed by atoms with E-state index in [2.05, 4.69) is 50.4 Å². The summed E-state index contributed by atoms with van der Waals surface area (Å²) >= 11 is 0. The second-order valence-corrected chi connectivity index (χ2v) is 5.53. The third-order valence-electron chi connectivity index (χ3n) is 3.63. The summed E-state index contributed by atoms with van der Waals surface area (Å²) in [5.74, 6) is 0.212. The van der Waals surface area contributed by atoms with Crippen molar-refractivity contribution >= 4 is 11.6 Å². The molecule has 0 aliphatic carbocycles. The predicted molar refractivity (Wildman–Crippen MR) is 79.5 cm³/mol. The van der Waals surface area contributed by atoms with Crippen LogP contribution in [-0.4, -0.2) is 24.5 Å². The minimum absolute atomic E-state index is 0.0281. The molecule has 1 aromatic rings. The van der Waals surface area contributed by atoms with Crippen LogP contribution in [0.2, 0.25) is 0 Å². The quantitative estimate of drug-likeness (QED) is 0.903. The van der Waals surface area contributed by atoms with Gasteiger partial charge in [-0.2, -0.15) is 0 Å². The van der Waals surface area contributed by atoms with Crippen LogP contribution in [0.4, 0.5) is 5.69 Å². The Kier molecular flexibility index (Phi) is 4.59. The fourth-order valence-electron chi connectivity index (χ4n) is 2.60. The Labute approximate surface area is 116 Å². The molecule has 1 atom stereocenters. The van der Waals surface area contributed by atoms with Crippen LogP contribution in [0.5, 0.6) is 0 Å². The van der Waals surface area contributed by atoms with Crippen LogP contribution in [0, 0.1) is 0 Å². The number of benzene rings is 1. The van der Waals surface area contributed by atoms with Crippen molar-refractivity contribution in [2.75, 3.05) is 11.4 Å². The Morgan fingerprint density at radius 1 is 1.32 bits per heavy atom. The Morgan fingerprint density at radius 2 is 2.00 bits per heavy atom. The van der Waals surface area contributed by atoms with Crippen LogP contribution in [0.15, 0.2) is 24.3 Å². The highest BCUT2D eigenvalue weighted by atomic mass is 16.2. The molecule has 1 unspecified atom stereocenters. The minimum Gasteiger partial charge on any atom is -0.311 e. The van der Waals surface area contributed by atoms with Gasteiger partial charge in [0, 0.05) is 18.3 Å². The molecule has 3 nitrogen and oxygen atoms in total. The zero-order valence-electron chi connectivity index (χ0n) is 12.1. The SMILES string of the molecule is CCc1ccc(N2CCCC(NC(C)C)C2=O)cc1. The lowest BCUT2D eigenvalue weighted by Crippen LogP contribution is -2.52. The molecule has 1 amide bonds. The molecule has 1 heterocycles. The first-order valence-corrected chi connectivity index (χ1v) is 7.28. The zero-order valence-corrected chi connectivity index (χ0v) is 12.1. The first kappa shape index (κ1) is 14.1. The number of carbonyl (C=O) groups excluding carboxylic acids is 1. The molecule has 3 heteroatoms. The van der Waals surface area contributed by atoms with Crippen molar-refractivity contribution in [1.82, 2.24) is 5.32 Å². The molecule has 0 bridgehead atoms. The van der Waals surface area contributed by atoms with Crippen LogP contribution in [0.1, 0.15) is 39.2 Å². The van der Waals surface area contributed by atoms with E-state index in [1.807, 2.05) is 4.90 Å². The van der Waals surface area contributed by atoms with E-state index in [0.717, 1.165) is 31.5 Å². The Hall–Kier alpha value is -1.35. The van der Waals surface area contributed by atoms with Gasteiger partial charge in [0.1, 0.15) is 0 Å². The number of aryl methyl sites for hydroxylation is 1. The second kappa shape index (κ2) is 6.20. The maximum absolute atomic E-state index is 12.5. The number of amides is 1. The van der Waals surface area contributed by atoms with Gasteiger partial charge in [0.2, 0.25) is 5.91 Å². The molecule has 0 aromatic heterocycles. The van der Waals surface area contributed by atoms with Crippen LogP contribution in [0.3, 0.4) is 0 Å². The maximum atomic E-state index is 12.5. The molecular formula is C16H24N2O. The van der Waals surface area contributed by atoms with Crippen molar-refractivity contribution in [3.8, 4) is 0 Å². The van der Waals surface area contributed by atoms with E-state index in [4.69, 9.17) is 0 Å². The molecule has 0 radical (unpaired) electrons. The average Bonchev–Trinajstić information content (AvgIpc) is 2.41. The summed E-state index contributed by atoms with van der Waals surface area (Å²) in [5.41, 5.74) is 2.34. The number of hydrogen-bond acceptors (Lipinski definition) is 2. The second-order valence-electron chi connectivity index (χ2n) is 5.53. The van der Waals surface area contributed by atoms with Gasteiger partial charge in [-0.25, -0.2) is 0 Å². The van der Waals surface area contributed by atoms with E-state index in [0.29, 0.717) is 6.04 Å². The lowest BCUT2D eigenvalue weighted by molar-refractivity contribution is -0.121. The van der Waals surface area contributed by atoms with Gasteiger partial charge in [-0.3, -0.25) is 4.79 Å². The number of rotatable bonds is 4. The van der Waals surface area contributed by atoms with E-state index >= 15 is 0 Å². The smallest absolute Gasteiger partial charge is 0.244 e. The number of nitrogens with zero attached hydrogens (tertiary/aromatic N) is 1. The highest BCUT2D eigenvalue weighted by Crippen LogP contribution is 2.22. The summed E-state index contributed by atoms with van der Waals surface area (Å²) < 4.78 is 0. The number of hydrogen-bond donors (Lipinski definition) is 1. The summed E-state index contributed by atoms with van der Waals surface area (Å²) in [7, 11) is 0. The predicted octanol–water partition coefficient (Wildman–Crippen LogP) is 2.74. The van der Waals surface area contributed by atoms with Gasteiger partial charge in [0.25, 0.3) is 0 Å². The summed E-state index contributed by atoms with van der Waals surface area (Å²) in [6.45, 7) is 7.15. The van der Waals surface area contributed by atoms with Crippen molar-refractivity contribution in [1.29, 1.82) is 0 Å². The lowest BCUT2D eigenvalue weighted by atomic mass is 10.0. The van der Waals surface area contributed by atoms with Crippen LogP contribution >= 0.6 is 0 Å². The van der Waals surface area contributed by atoms with E-state index in [1.54, 1.807) is 0 Å². The molecule has 1 saturated heterocycles. The van der Waals surface area contributed by atoms with Crippen molar-refractivity contribution < 1.29 is 4.79 Å².